The molecule has 0 aliphatic heterocycles. The zero-order valence-corrected chi connectivity index (χ0v) is 12.5. The molecule has 0 spiro atoms. The minimum absolute atomic E-state index is 0.124. The van der Waals surface area contributed by atoms with Gasteiger partial charge in [-0.1, -0.05) is 50.6 Å². The van der Waals surface area contributed by atoms with E-state index in [1.807, 2.05) is 44.2 Å². The highest BCUT2D eigenvalue weighted by Gasteiger charge is 2.29. The van der Waals surface area contributed by atoms with Crippen LogP contribution >= 0.6 is 0 Å². The van der Waals surface area contributed by atoms with Crippen molar-refractivity contribution in [1.29, 1.82) is 0 Å². The summed E-state index contributed by atoms with van der Waals surface area (Å²) in [6.45, 7) is 3.70. The molecule has 116 valence electrons. The SMILES string of the molecule is CCC(C)C(NC(CCc1ccccc1)C(=O)O)C(=O)O. The van der Waals surface area contributed by atoms with Gasteiger partial charge in [0, 0.05) is 0 Å². The average Bonchev–Trinajstić information content (AvgIpc) is 2.47. The molecule has 3 N–H and O–H groups in total. The monoisotopic (exact) mass is 293 g/mol. The summed E-state index contributed by atoms with van der Waals surface area (Å²) in [4.78, 5) is 22.6. The number of aryl methyl sites for hydroxylation is 1. The summed E-state index contributed by atoms with van der Waals surface area (Å²) in [6, 6.07) is 7.87. The van der Waals surface area contributed by atoms with E-state index < -0.39 is 24.0 Å². The number of nitrogens with one attached hydrogen (secondary N) is 1. The lowest BCUT2D eigenvalue weighted by Crippen LogP contribution is -2.50. The van der Waals surface area contributed by atoms with Crippen molar-refractivity contribution in [2.45, 2.75) is 45.2 Å². The number of aliphatic carboxylic acids is 2. The summed E-state index contributed by atoms with van der Waals surface area (Å²) in [5.41, 5.74) is 1.04. The van der Waals surface area contributed by atoms with Crippen molar-refractivity contribution in [1.82, 2.24) is 5.32 Å². The van der Waals surface area contributed by atoms with Gasteiger partial charge in [-0.05, 0) is 24.3 Å². The highest BCUT2D eigenvalue weighted by Crippen LogP contribution is 2.11. The van der Waals surface area contributed by atoms with Gasteiger partial charge in [0.25, 0.3) is 0 Å². The number of rotatable bonds is 9. The van der Waals surface area contributed by atoms with Crippen molar-refractivity contribution in [2.24, 2.45) is 5.92 Å². The van der Waals surface area contributed by atoms with Crippen LogP contribution in [0.3, 0.4) is 0 Å². The van der Waals surface area contributed by atoms with Gasteiger partial charge in [-0.25, -0.2) is 0 Å². The molecule has 0 saturated heterocycles. The maximum Gasteiger partial charge on any atom is 0.320 e. The van der Waals surface area contributed by atoms with E-state index in [4.69, 9.17) is 0 Å². The van der Waals surface area contributed by atoms with Crippen LogP contribution < -0.4 is 5.32 Å². The Balaban J connectivity index is 2.68. The van der Waals surface area contributed by atoms with Crippen LogP contribution in [0.25, 0.3) is 0 Å². The largest absolute Gasteiger partial charge is 0.480 e. The molecule has 0 bridgehead atoms. The standard InChI is InChI=1S/C16H23NO4/c1-3-11(2)14(16(20)21)17-13(15(18)19)10-9-12-7-5-4-6-8-12/h4-8,11,13-14,17H,3,9-10H2,1-2H3,(H,18,19)(H,20,21). The van der Waals surface area contributed by atoms with Gasteiger partial charge in [-0.15, -0.1) is 0 Å². The van der Waals surface area contributed by atoms with E-state index >= 15 is 0 Å². The molecule has 3 unspecified atom stereocenters. The first-order chi connectivity index (χ1) is 9.95. The van der Waals surface area contributed by atoms with E-state index in [1.54, 1.807) is 0 Å². The summed E-state index contributed by atoms with van der Waals surface area (Å²) >= 11 is 0. The summed E-state index contributed by atoms with van der Waals surface area (Å²) in [6.07, 6.45) is 1.63. The number of carbonyl (C=O) groups is 2. The maximum absolute atomic E-state index is 11.3. The van der Waals surface area contributed by atoms with Crippen molar-refractivity contribution in [2.75, 3.05) is 0 Å². The van der Waals surface area contributed by atoms with E-state index in [0.29, 0.717) is 19.3 Å². The van der Waals surface area contributed by atoms with Crippen molar-refractivity contribution in [3.63, 3.8) is 0 Å². The van der Waals surface area contributed by atoms with Crippen LogP contribution in [0, 0.1) is 5.92 Å². The molecule has 1 rings (SSSR count). The van der Waals surface area contributed by atoms with Gasteiger partial charge in [-0.3, -0.25) is 14.9 Å². The van der Waals surface area contributed by atoms with E-state index in [-0.39, 0.29) is 5.92 Å². The Morgan fingerprint density at radius 1 is 1.14 bits per heavy atom. The Labute approximate surface area is 125 Å². The molecule has 0 fully saturated rings. The Bertz CT molecular complexity index is 461. The number of benzene rings is 1. The molecular formula is C16H23NO4. The van der Waals surface area contributed by atoms with Gasteiger partial charge >= 0.3 is 11.9 Å². The lowest BCUT2D eigenvalue weighted by atomic mass is 9.97. The van der Waals surface area contributed by atoms with Gasteiger partial charge in [0.1, 0.15) is 12.1 Å². The average molecular weight is 293 g/mol. The van der Waals surface area contributed by atoms with Gasteiger partial charge in [0.05, 0.1) is 0 Å². The van der Waals surface area contributed by atoms with Gasteiger partial charge in [-0.2, -0.15) is 0 Å². The Morgan fingerprint density at radius 3 is 2.24 bits per heavy atom. The Morgan fingerprint density at radius 2 is 1.76 bits per heavy atom. The summed E-state index contributed by atoms with van der Waals surface area (Å²) in [5.74, 6) is -2.14. The topological polar surface area (TPSA) is 86.6 Å². The maximum atomic E-state index is 11.3. The van der Waals surface area contributed by atoms with Crippen LogP contribution in [0.2, 0.25) is 0 Å². The minimum atomic E-state index is -1.01. The molecule has 5 heteroatoms. The quantitative estimate of drug-likeness (QED) is 0.649. The van der Waals surface area contributed by atoms with E-state index in [9.17, 15) is 19.8 Å². The van der Waals surface area contributed by atoms with Gasteiger partial charge < -0.3 is 10.2 Å². The second-order valence-corrected chi connectivity index (χ2v) is 5.28. The highest BCUT2D eigenvalue weighted by atomic mass is 16.4. The molecule has 1 aromatic carbocycles. The number of hydrogen-bond donors (Lipinski definition) is 3. The molecule has 0 aliphatic rings. The summed E-state index contributed by atoms with van der Waals surface area (Å²) in [7, 11) is 0. The molecule has 0 radical (unpaired) electrons. The number of carboxylic acid groups (broad SMARTS) is 2. The molecular weight excluding hydrogens is 270 g/mol. The van der Waals surface area contributed by atoms with Crippen molar-refractivity contribution >= 4 is 11.9 Å². The van der Waals surface area contributed by atoms with Crippen molar-refractivity contribution < 1.29 is 19.8 Å². The van der Waals surface area contributed by atoms with E-state index in [0.717, 1.165) is 5.56 Å². The zero-order valence-electron chi connectivity index (χ0n) is 12.5. The third-order valence-electron chi connectivity index (χ3n) is 3.72. The van der Waals surface area contributed by atoms with Gasteiger partial charge in [0.2, 0.25) is 0 Å². The van der Waals surface area contributed by atoms with Crippen LogP contribution in [0.5, 0.6) is 0 Å². The van der Waals surface area contributed by atoms with Crippen LogP contribution in [0.1, 0.15) is 32.3 Å². The molecule has 0 amide bonds. The Kier molecular flexibility index (Phi) is 6.88. The molecule has 0 saturated carbocycles. The third-order valence-corrected chi connectivity index (χ3v) is 3.72. The third kappa shape index (κ3) is 5.55. The Hall–Kier alpha value is -1.88. The van der Waals surface area contributed by atoms with Crippen molar-refractivity contribution in [3.8, 4) is 0 Å². The van der Waals surface area contributed by atoms with E-state index in [1.165, 1.54) is 0 Å². The second-order valence-electron chi connectivity index (χ2n) is 5.28. The molecule has 0 heterocycles. The lowest BCUT2D eigenvalue weighted by Gasteiger charge is -2.24. The molecule has 0 aliphatic carbocycles. The summed E-state index contributed by atoms with van der Waals surface area (Å²) < 4.78 is 0. The van der Waals surface area contributed by atoms with Crippen LogP contribution in [-0.4, -0.2) is 34.2 Å². The zero-order chi connectivity index (χ0) is 15.8. The predicted molar refractivity (Wildman–Crippen MR) is 80.2 cm³/mol. The lowest BCUT2D eigenvalue weighted by molar-refractivity contribution is -0.143. The predicted octanol–water partition coefficient (Wildman–Crippen LogP) is 2.16. The fraction of sp³-hybridized carbons (Fsp3) is 0.500. The molecule has 3 atom stereocenters. The molecule has 21 heavy (non-hydrogen) atoms. The first-order valence-corrected chi connectivity index (χ1v) is 7.21. The minimum Gasteiger partial charge on any atom is -0.480 e. The normalized spacial score (nSPS) is 15.1. The smallest absolute Gasteiger partial charge is 0.320 e. The van der Waals surface area contributed by atoms with Crippen LogP contribution in [0.15, 0.2) is 30.3 Å². The first-order valence-electron chi connectivity index (χ1n) is 7.21. The summed E-state index contributed by atoms with van der Waals surface area (Å²) in [5, 5.41) is 21.3. The van der Waals surface area contributed by atoms with Gasteiger partial charge in [0.15, 0.2) is 0 Å². The van der Waals surface area contributed by atoms with Crippen LogP contribution in [0.4, 0.5) is 0 Å². The van der Waals surface area contributed by atoms with Crippen molar-refractivity contribution in [3.05, 3.63) is 35.9 Å². The fourth-order valence-electron chi connectivity index (χ4n) is 2.17. The number of carboxylic acids is 2. The second kappa shape index (κ2) is 8.42. The number of hydrogen-bond acceptors (Lipinski definition) is 3. The van der Waals surface area contributed by atoms with E-state index in [2.05, 4.69) is 5.32 Å². The fourth-order valence-corrected chi connectivity index (χ4v) is 2.17. The van der Waals surface area contributed by atoms with Crippen LogP contribution in [-0.2, 0) is 16.0 Å². The molecule has 1 aromatic rings. The highest BCUT2D eigenvalue weighted by molar-refractivity contribution is 5.77. The molecule has 0 aromatic heterocycles. The molecule has 5 nitrogen and oxygen atoms in total. The first kappa shape index (κ1) is 17.2.